The molecule has 1 aromatic carbocycles. The molecule has 2 aliphatic rings. The summed E-state index contributed by atoms with van der Waals surface area (Å²) < 4.78 is 32.9. The third-order valence-corrected chi connectivity index (χ3v) is 7.20. The van der Waals surface area contributed by atoms with Crippen LogP contribution in [0.25, 0.3) is 0 Å². The van der Waals surface area contributed by atoms with E-state index in [2.05, 4.69) is 49.9 Å². The predicted octanol–water partition coefficient (Wildman–Crippen LogP) is 2.96. The lowest BCUT2D eigenvalue weighted by atomic mass is 9.82. The molecule has 8 heteroatoms. The van der Waals surface area contributed by atoms with Crippen LogP contribution in [0.4, 0.5) is 5.82 Å². The molecule has 7 nitrogen and oxygen atoms in total. The van der Waals surface area contributed by atoms with E-state index in [1.165, 1.54) is 11.8 Å². The molecule has 168 valence electrons. The molecule has 1 saturated heterocycles. The first-order valence-electron chi connectivity index (χ1n) is 11.1. The van der Waals surface area contributed by atoms with Crippen LogP contribution in [0.3, 0.4) is 0 Å². The van der Waals surface area contributed by atoms with Gasteiger partial charge in [-0.05, 0) is 43.6 Å². The van der Waals surface area contributed by atoms with Gasteiger partial charge >= 0.3 is 0 Å². The number of benzene rings is 1. The summed E-state index contributed by atoms with van der Waals surface area (Å²) in [5, 5.41) is 0. The summed E-state index contributed by atoms with van der Waals surface area (Å²) in [5.41, 5.74) is 1.42. The number of rotatable bonds is 7. The lowest BCUT2D eigenvalue weighted by Gasteiger charge is -2.39. The molecule has 2 atom stereocenters. The van der Waals surface area contributed by atoms with E-state index in [9.17, 15) is 8.42 Å². The number of ether oxygens (including phenoxy) is 1. The number of anilines is 1. The minimum Gasteiger partial charge on any atom is -0.378 e. The Morgan fingerprint density at radius 1 is 1.10 bits per heavy atom. The highest BCUT2D eigenvalue weighted by Gasteiger charge is 2.33. The van der Waals surface area contributed by atoms with Crippen LogP contribution in [0.15, 0.2) is 48.9 Å². The third-order valence-electron chi connectivity index (χ3n) is 6.46. The fraction of sp³-hybridized carbons (Fsp3) is 0.565. The summed E-state index contributed by atoms with van der Waals surface area (Å²) in [6, 6.07) is 10.6. The van der Waals surface area contributed by atoms with Gasteiger partial charge in [0.2, 0.25) is 10.0 Å². The van der Waals surface area contributed by atoms with Gasteiger partial charge in [0.25, 0.3) is 0 Å². The first-order chi connectivity index (χ1) is 15.0. The minimum atomic E-state index is -3.27. The molecule has 1 aromatic heterocycles. The van der Waals surface area contributed by atoms with E-state index in [1.54, 1.807) is 18.6 Å². The zero-order chi connectivity index (χ0) is 21.7. The zero-order valence-electron chi connectivity index (χ0n) is 18.1. The van der Waals surface area contributed by atoms with Gasteiger partial charge in [-0.25, -0.2) is 18.1 Å². The molecular formula is C23H32N4O3S. The van der Waals surface area contributed by atoms with E-state index in [0.29, 0.717) is 19.1 Å². The van der Waals surface area contributed by atoms with E-state index >= 15 is 0 Å². The fourth-order valence-electron chi connectivity index (χ4n) is 4.84. The van der Waals surface area contributed by atoms with Crippen LogP contribution in [-0.4, -0.2) is 56.5 Å². The van der Waals surface area contributed by atoms with Crippen LogP contribution in [0, 0.1) is 5.92 Å². The van der Waals surface area contributed by atoms with E-state index in [0.717, 1.165) is 44.5 Å². The standard InChI is InChI=1S/C23H32N4O3S/c1-31(28,29)26-22-11-14-27(23-15-24-12-13-25-23)16-20(22)17-30-21-9-7-19(8-10-21)18-5-3-2-4-6-18/h2-6,12-13,15,19-22,26H,7-11,14,16-17H2,1H3/t19?,20-,21?,22-/m0/s1. The van der Waals surface area contributed by atoms with E-state index in [4.69, 9.17) is 4.74 Å². The Labute approximate surface area is 185 Å². The molecule has 2 heterocycles. The van der Waals surface area contributed by atoms with Crippen molar-refractivity contribution in [1.29, 1.82) is 0 Å². The number of nitrogens with one attached hydrogen (secondary N) is 1. The van der Waals surface area contributed by atoms with Crippen LogP contribution in [0.5, 0.6) is 0 Å². The van der Waals surface area contributed by atoms with Crippen molar-refractivity contribution in [3.05, 3.63) is 54.5 Å². The molecular weight excluding hydrogens is 412 g/mol. The Morgan fingerprint density at radius 3 is 2.55 bits per heavy atom. The Morgan fingerprint density at radius 2 is 1.87 bits per heavy atom. The molecule has 1 N–H and O–H groups in total. The molecule has 31 heavy (non-hydrogen) atoms. The largest absolute Gasteiger partial charge is 0.378 e. The smallest absolute Gasteiger partial charge is 0.208 e. The van der Waals surface area contributed by atoms with Crippen LogP contribution < -0.4 is 9.62 Å². The Kier molecular flexibility index (Phi) is 7.20. The Hall–Kier alpha value is -2.03. The van der Waals surface area contributed by atoms with Crippen LogP contribution >= 0.6 is 0 Å². The topological polar surface area (TPSA) is 84.4 Å². The normalized spacial score (nSPS) is 27.2. The molecule has 4 rings (SSSR count). The molecule has 0 bridgehead atoms. The number of hydrogen-bond acceptors (Lipinski definition) is 6. The minimum absolute atomic E-state index is 0.0670. The van der Waals surface area contributed by atoms with E-state index in [-0.39, 0.29) is 18.1 Å². The SMILES string of the molecule is CS(=O)(=O)N[C@H]1CCN(c2cnccn2)C[C@H]1COC1CCC(c2ccccc2)CC1. The quantitative estimate of drug-likeness (QED) is 0.707. The summed E-state index contributed by atoms with van der Waals surface area (Å²) in [5.74, 6) is 1.51. The molecule has 0 radical (unpaired) electrons. The lowest BCUT2D eigenvalue weighted by molar-refractivity contribution is -0.00214. The Balaban J connectivity index is 1.34. The van der Waals surface area contributed by atoms with E-state index < -0.39 is 10.0 Å². The van der Waals surface area contributed by atoms with Crippen molar-refractivity contribution in [3.63, 3.8) is 0 Å². The maximum Gasteiger partial charge on any atom is 0.208 e. The Bertz CT molecular complexity index is 918. The maximum atomic E-state index is 11.9. The highest BCUT2D eigenvalue weighted by atomic mass is 32.2. The van der Waals surface area contributed by atoms with Gasteiger partial charge in [0.1, 0.15) is 5.82 Å². The molecule has 1 aliphatic heterocycles. The first-order valence-corrected chi connectivity index (χ1v) is 13.0. The van der Waals surface area contributed by atoms with Gasteiger partial charge in [-0.15, -0.1) is 0 Å². The van der Waals surface area contributed by atoms with Crippen molar-refractivity contribution in [2.75, 3.05) is 30.9 Å². The number of hydrogen-bond donors (Lipinski definition) is 1. The van der Waals surface area contributed by atoms with Gasteiger partial charge < -0.3 is 9.64 Å². The number of nitrogens with zero attached hydrogens (tertiary/aromatic N) is 3. The zero-order valence-corrected chi connectivity index (χ0v) is 18.9. The van der Waals surface area contributed by atoms with Gasteiger partial charge in [-0.3, -0.25) is 4.98 Å². The highest BCUT2D eigenvalue weighted by molar-refractivity contribution is 7.88. The van der Waals surface area contributed by atoms with Crippen LogP contribution in [-0.2, 0) is 14.8 Å². The molecule has 0 unspecified atom stereocenters. The van der Waals surface area contributed by atoms with Crippen LogP contribution in [0.2, 0.25) is 0 Å². The van der Waals surface area contributed by atoms with Crippen molar-refractivity contribution in [2.24, 2.45) is 5.92 Å². The molecule has 0 amide bonds. The van der Waals surface area contributed by atoms with Crippen molar-refractivity contribution >= 4 is 15.8 Å². The van der Waals surface area contributed by atoms with Gasteiger partial charge in [0, 0.05) is 37.4 Å². The van der Waals surface area contributed by atoms with Crippen molar-refractivity contribution in [1.82, 2.24) is 14.7 Å². The third kappa shape index (κ3) is 6.24. The van der Waals surface area contributed by atoms with Gasteiger partial charge in [0.05, 0.1) is 25.2 Å². The fourth-order valence-corrected chi connectivity index (χ4v) is 5.70. The lowest BCUT2D eigenvalue weighted by Crippen LogP contribution is -2.52. The summed E-state index contributed by atoms with van der Waals surface area (Å²) in [6.45, 7) is 1.99. The second-order valence-corrected chi connectivity index (χ2v) is 10.6. The number of aromatic nitrogens is 2. The summed E-state index contributed by atoms with van der Waals surface area (Å²) in [4.78, 5) is 10.7. The van der Waals surface area contributed by atoms with Gasteiger partial charge in [-0.1, -0.05) is 30.3 Å². The summed E-state index contributed by atoms with van der Waals surface area (Å²) in [7, 11) is -3.27. The van der Waals surface area contributed by atoms with Crippen molar-refractivity contribution < 1.29 is 13.2 Å². The molecule has 0 spiro atoms. The van der Waals surface area contributed by atoms with Crippen molar-refractivity contribution in [2.45, 2.75) is 50.2 Å². The summed E-state index contributed by atoms with van der Waals surface area (Å²) >= 11 is 0. The number of sulfonamides is 1. The molecule has 1 aliphatic carbocycles. The average Bonchev–Trinajstić information content (AvgIpc) is 2.79. The molecule has 2 fully saturated rings. The predicted molar refractivity (Wildman–Crippen MR) is 122 cm³/mol. The maximum absolute atomic E-state index is 11.9. The van der Waals surface area contributed by atoms with Crippen molar-refractivity contribution in [3.8, 4) is 0 Å². The average molecular weight is 445 g/mol. The second-order valence-electron chi connectivity index (χ2n) is 8.77. The number of piperidine rings is 1. The van der Waals surface area contributed by atoms with E-state index in [1.807, 2.05) is 0 Å². The molecule has 1 saturated carbocycles. The van der Waals surface area contributed by atoms with Gasteiger partial charge in [-0.2, -0.15) is 0 Å². The second kappa shape index (κ2) is 10.1. The highest BCUT2D eigenvalue weighted by Crippen LogP contribution is 2.34. The summed E-state index contributed by atoms with van der Waals surface area (Å²) in [6.07, 6.45) is 11.7. The van der Waals surface area contributed by atoms with Crippen LogP contribution in [0.1, 0.15) is 43.6 Å². The molecule has 2 aromatic rings. The first kappa shape index (κ1) is 22.2. The van der Waals surface area contributed by atoms with Gasteiger partial charge in [0.15, 0.2) is 0 Å². The monoisotopic (exact) mass is 444 g/mol.